The number of amides is 1. The van der Waals surface area contributed by atoms with Gasteiger partial charge in [-0.3, -0.25) is 4.79 Å². The molecule has 0 rings (SSSR count). The molecule has 5 N–H and O–H groups in total. The second-order valence-electron chi connectivity index (χ2n) is 14.7. The van der Waals surface area contributed by atoms with Gasteiger partial charge in [0.15, 0.2) is 0 Å². The van der Waals surface area contributed by atoms with Crippen LogP contribution in [0.4, 0.5) is 0 Å². The molecule has 0 aliphatic heterocycles. The number of carbonyl (C=O) groups excluding carboxylic acids is 1. The van der Waals surface area contributed by atoms with Crippen molar-refractivity contribution in [2.24, 2.45) is 0 Å². The fraction of sp³-hybridized carbons (Fsp3) is 0.929. The van der Waals surface area contributed by atoms with Crippen molar-refractivity contribution in [3.05, 3.63) is 12.2 Å². The van der Waals surface area contributed by atoms with Crippen LogP contribution in [0, 0.1) is 0 Å². The molecule has 0 aromatic rings. The summed E-state index contributed by atoms with van der Waals surface area (Å²) >= 11 is 0. The summed E-state index contributed by atoms with van der Waals surface area (Å²) in [5.74, 6) is -0.592. The summed E-state index contributed by atoms with van der Waals surface area (Å²) in [6, 6.07) is -0.995. The molecule has 0 spiro atoms. The van der Waals surface area contributed by atoms with Gasteiger partial charge in [0.1, 0.15) is 12.2 Å². The van der Waals surface area contributed by atoms with E-state index >= 15 is 0 Å². The van der Waals surface area contributed by atoms with Crippen LogP contribution in [0.25, 0.3) is 0 Å². The van der Waals surface area contributed by atoms with Crippen LogP contribution < -0.4 is 5.32 Å². The first kappa shape index (κ1) is 47.0. The first-order valence-electron chi connectivity index (χ1n) is 21.1. The minimum Gasteiger partial charge on any atom is -0.394 e. The molecule has 0 unspecified atom stereocenters. The molecule has 0 aliphatic rings. The monoisotopic (exact) mass is 682 g/mol. The molecule has 0 fully saturated rings. The molecule has 0 radical (unpaired) electrons. The summed E-state index contributed by atoms with van der Waals surface area (Å²) in [6.07, 6.45) is 39.6. The predicted molar refractivity (Wildman–Crippen MR) is 205 cm³/mol. The average molecular weight is 682 g/mol. The summed E-state index contributed by atoms with van der Waals surface area (Å²) in [4.78, 5) is 12.5. The van der Waals surface area contributed by atoms with Gasteiger partial charge < -0.3 is 25.7 Å². The van der Waals surface area contributed by atoms with Crippen LogP contribution in [0.2, 0.25) is 0 Å². The Kier molecular flexibility index (Phi) is 36.6. The zero-order valence-corrected chi connectivity index (χ0v) is 32.0. The Labute approximate surface area is 298 Å². The number of hydrogen-bond acceptors (Lipinski definition) is 5. The van der Waals surface area contributed by atoms with Gasteiger partial charge in [-0.15, -0.1) is 0 Å². The highest BCUT2D eigenvalue weighted by molar-refractivity contribution is 5.80. The van der Waals surface area contributed by atoms with Gasteiger partial charge in [-0.05, 0) is 38.5 Å². The Hall–Kier alpha value is -0.950. The van der Waals surface area contributed by atoms with Gasteiger partial charge >= 0.3 is 0 Å². The van der Waals surface area contributed by atoms with Crippen LogP contribution in [-0.2, 0) is 4.79 Å². The molecular weight excluding hydrogens is 598 g/mol. The van der Waals surface area contributed by atoms with Crippen molar-refractivity contribution in [1.29, 1.82) is 0 Å². The summed E-state index contributed by atoms with van der Waals surface area (Å²) in [6.45, 7) is 4.02. The van der Waals surface area contributed by atoms with Gasteiger partial charge in [0.05, 0.1) is 18.8 Å². The Balaban J connectivity index is 3.70. The van der Waals surface area contributed by atoms with E-state index in [-0.39, 0.29) is 0 Å². The van der Waals surface area contributed by atoms with E-state index in [9.17, 15) is 25.2 Å². The van der Waals surface area contributed by atoms with Crippen molar-refractivity contribution in [3.63, 3.8) is 0 Å². The van der Waals surface area contributed by atoms with E-state index in [2.05, 4.69) is 31.3 Å². The number of aliphatic hydroxyl groups excluding tert-OH is 4. The SMILES string of the molecule is CCCCCCCC/C=C/CCC[C@@H](O)[C@@H](O)[C@@H](CO)NC(=O)[C@H](O)CCCCCCCCCCCCCCCCCCCCCCC. The smallest absolute Gasteiger partial charge is 0.249 e. The standard InChI is InChI=1S/C42H83NO5/c1-3-5-7-9-11-13-15-16-17-18-19-20-21-22-23-24-26-28-30-32-34-36-40(46)42(48)43-38(37-44)41(47)39(45)35-33-31-29-27-25-14-12-10-8-6-4-2/h27,29,38-41,44-47H,3-26,28,30-37H2,1-2H3,(H,43,48)/b29-27+/t38-,39-,40-,41+/m1/s1. The van der Waals surface area contributed by atoms with Crippen molar-refractivity contribution < 1.29 is 25.2 Å². The minimum atomic E-state index is -1.28. The normalized spacial score (nSPS) is 14.4. The van der Waals surface area contributed by atoms with E-state index in [1.54, 1.807) is 0 Å². The molecule has 6 nitrogen and oxygen atoms in total. The van der Waals surface area contributed by atoms with Gasteiger partial charge in [0, 0.05) is 0 Å². The quantitative estimate of drug-likeness (QED) is 0.0329. The lowest BCUT2D eigenvalue weighted by molar-refractivity contribution is -0.132. The zero-order chi connectivity index (χ0) is 35.3. The van der Waals surface area contributed by atoms with Crippen molar-refractivity contribution >= 4 is 5.91 Å². The van der Waals surface area contributed by atoms with Crippen LogP contribution in [-0.4, -0.2) is 57.3 Å². The highest BCUT2D eigenvalue weighted by Gasteiger charge is 2.28. The number of nitrogens with one attached hydrogen (secondary N) is 1. The highest BCUT2D eigenvalue weighted by atomic mass is 16.3. The summed E-state index contributed by atoms with van der Waals surface area (Å²) < 4.78 is 0. The molecule has 0 aromatic carbocycles. The van der Waals surface area contributed by atoms with E-state index in [1.165, 1.54) is 154 Å². The van der Waals surface area contributed by atoms with Crippen molar-refractivity contribution in [2.45, 2.75) is 244 Å². The number of carbonyl (C=O) groups is 1. The van der Waals surface area contributed by atoms with E-state index in [4.69, 9.17) is 0 Å². The lowest BCUT2D eigenvalue weighted by Gasteiger charge is -2.27. The third-order valence-corrected chi connectivity index (χ3v) is 9.98. The first-order valence-corrected chi connectivity index (χ1v) is 21.1. The van der Waals surface area contributed by atoms with E-state index < -0.39 is 36.9 Å². The lowest BCUT2D eigenvalue weighted by atomic mass is 10.00. The molecule has 0 aromatic heterocycles. The van der Waals surface area contributed by atoms with Crippen molar-refractivity contribution in [1.82, 2.24) is 5.32 Å². The number of hydrogen-bond donors (Lipinski definition) is 5. The molecular formula is C42H83NO5. The number of unbranched alkanes of at least 4 members (excludes halogenated alkanes) is 27. The summed E-state index contributed by atoms with van der Waals surface area (Å²) in [5, 5.41) is 43.5. The summed E-state index contributed by atoms with van der Waals surface area (Å²) in [7, 11) is 0. The second-order valence-corrected chi connectivity index (χ2v) is 14.7. The molecule has 0 aliphatic carbocycles. The molecule has 0 saturated carbocycles. The Bertz CT molecular complexity index is 687. The maximum Gasteiger partial charge on any atom is 0.249 e. The Morgan fingerprint density at radius 3 is 1.25 bits per heavy atom. The lowest BCUT2D eigenvalue weighted by Crippen LogP contribution is -2.53. The van der Waals surface area contributed by atoms with Crippen LogP contribution >= 0.6 is 0 Å². The average Bonchev–Trinajstić information content (AvgIpc) is 3.09. The Morgan fingerprint density at radius 1 is 0.500 bits per heavy atom. The largest absolute Gasteiger partial charge is 0.394 e. The highest BCUT2D eigenvalue weighted by Crippen LogP contribution is 2.16. The second kappa shape index (κ2) is 37.3. The van der Waals surface area contributed by atoms with Gasteiger partial charge in [-0.25, -0.2) is 0 Å². The fourth-order valence-electron chi connectivity index (χ4n) is 6.58. The predicted octanol–water partition coefficient (Wildman–Crippen LogP) is 10.6. The van der Waals surface area contributed by atoms with E-state index in [1.807, 2.05) is 0 Å². The van der Waals surface area contributed by atoms with Crippen LogP contribution in [0.1, 0.15) is 219 Å². The summed E-state index contributed by atoms with van der Waals surface area (Å²) in [5.41, 5.74) is 0. The van der Waals surface area contributed by atoms with Crippen LogP contribution in [0.15, 0.2) is 12.2 Å². The zero-order valence-electron chi connectivity index (χ0n) is 32.0. The molecule has 48 heavy (non-hydrogen) atoms. The molecule has 0 heterocycles. The van der Waals surface area contributed by atoms with Gasteiger partial charge in [0.2, 0.25) is 5.91 Å². The van der Waals surface area contributed by atoms with E-state index in [0.29, 0.717) is 12.8 Å². The van der Waals surface area contributed by atoms with Crippen molar-refractivity contribution in [3.8, 4) is 0 Å². The maximum atomic E-state index is 12.5. The third kappa shape index (κ3) is 31.1. The van der Waals surface area contributed by atoms with Gasteiger partial charge in [0.25, 0.3) is 0 Å². The third-order valence-electron chi connectivity index (χ3n) is 9.98. The van der Waals surface area contributed by atoms with Crippen molar-refractivity contribution in [2.75, 3.05) is 6.61 Å². The van der Waals surface area contributed by atoms with E-state index in [0.717, 1.165) is 38.5 Å². The number of allylic oxidation sites excluding steroid dienone is 2. The number of rotatable bonds is 38. The topological polar surface area (TPSA) is 110 Å². The van der Waals surface area contributed by atoms with Crippen LogP contribution in [0.5, 0.6) is 0 Å². The first-order chi connectivity index (χ1) is 23.5. The Morgan fingerprint density at radius 2 is 0.854 bits per heavy atom. The molecule has 0 saturated heterocycles. The molecule has 286 valence electrons. The molecule has 0 bridgehead atoms. The van der Waals surface area contributed by atoms with Crippen LogP contribution in [0.3, 0.4) is 0 Å². The van der Waals surface area contributed by atoms with Gasteiger partial charge in [-0.1, -0.05) is 193 Å². The molecule has 6 heteroatoms. The van der Waals surface area contributed by atoms with Gasteiger partial charge in [-0.2, -0.15) is 0 Å². The minimum absolute atomic E-state index is 0.368. The molecule has 1 amide bonds. The fourth-order valence-corrected chi connectivity index (χ4v) is 6.58. The number of aliphatic hydroxyl groups is 4. The molecule has 4 atom stereocenters. The maximum absolute atomic E-state index is 12.5.